The number of hydrogen-bond acceptors (Lipinski definition) is 12. The number of fused-ring (bicyclic) bond motifs is 3. The van der Waals surface area contributed by atoms with Crippen LogP contribution in [0.15, 0.2) is 111 Å². The number of piperazine rings is 1. The lowest BCUT2D eigenvalue weighted by molar-refractivity contribution is 0.0685. The molecule has 0 spiro atoms. The summed E-state index contributed by atoms with van der Waals surface area (Å²) in [6, 6.07) is 20.9. The summed E-state index contributed by atoms with van der Waals surface area (Å²) in [5, 5.41) is 33.4. The fraction of sp³-hybridized carbons (Fsp3) is 0.0930. The zero-order valence-corrected chi connectivity index (χ0v) is 32.0. The maximum absolute atomic E-state index is 15.8. The summed E-state index contributed by atoms with van der Waals surface area (Å²) in [4.78, 5) is 66.6. The molecule has 18 heteroatoms. The van der Waals surface area contributed by atoms with E-state index < -0.39 is 34.6 Å². The molecule has 6 aromatic rings. The molecule has 61 heavy (non-hydrogen) atoms. The van der Waals surface area contributed by atoms with Crippen LogP contribution in [0.1, 0.15) is 20.7 Å². The number of aromatic carboxylic acids is 2. The Morgan fingerprint density at radius 2 is 1.48 bits per heavy atom. The Labute approximate surface area is 346 Å². The number of pyridine rings is 1. The van der Waals surface area contributed by atoms with E-state index in [2.05, 4.69) is 20.3 Å². The van der Waals surface area contributed by atoms with Gasteiger partial charge in [0.15, 0.2) is 5.43 Å². The number of phenols is 1. The van der Waals surface area contributed by atoms with Gasteiger partial charge in [-0.05, 0) is 90.0 Å². The van der Waals surface area contributed by atoms with Gasteiger partial charge in [0.1, 0.15) is 34.3 Å². The van der Waals surface area contributed by atoms with Crippen LogP contribution in [-0.4, -0.2) is 73.0 Å². The van der Waals surface area contributed by atoms with Crippen LogP contribution in [0.25, 0.3) is 50.0 Å². The van der Waals surface area contributed by atoms with Gasteiger partial charge in [0, 0.05) is 77.8 Å². The SMILES string of the molecule is O=C(O)c1cc(Nc2nc(Cl)nc(N3CCN(c4cc5c(cc4F)c(=O)c(C(=O)O)cn5-c4ccc(F)cc4)CC3)n2)ccc1-c1c2ccc(=O)cc-2oc2cc(O)ccc12. The van der Waals surface area contributed by atoms with Crippen LogP contribution in [0, 0.1) is 11.6 Å². The molecule has 4 aromatic carbocycles. The van der Waals surface area contributed by atoms with Gasteiger partial charge in [-0.15, -0.1) is 0 Å². The minimum Gasteiger partial charge on any atom is -0.508 e. The Hall–Kier alpha value is -7.92. The highest BCUT2D eigenvalue weighted by Crippen LogP contribution is 2.42. The van der Waals surface area contributed by atoms with Crippen molar-refractivity contribution in [1.29, 1.82) is 0 Å². The highest BCUT2D eigenvalue weighted by atomic mass is 35.5. The third-order valence-electron chi connectivity index (χ3n) is 10.4. The molecule has 0 bridgehead atoms. The van der Waals surface area contributed by atoms with Gasteiger partial charge in [-0.3, -0.25) is 9.59 Å². The Bertz CT molecular complexity index is 3210. The first-order chi connectivity index (χ1) is 29.3. The fourth-order valence-corrected chi connectivity index (χ4v) is 7.68. The van der Waals surface area contributed by atoms with Crippen molar-refractivity contribution in [2.45, 2.75) is 0 Å². The molecular formula is C43H28ClF2N7O8. The van der Waals surface area contributed by atoms with Gasteiger partial charge < -0.3 is 39.4 Å². The summed E-state index contributed by atoms with van der Waals surface area (Å²) < 4.78 is 36.9. The van der Waals surface area contributed by atoms with Crippen molar-refractivity contribution >= 4 is 68.7 Å². The van der Waals surface area contributed by atoms with Crippen LogP contribution in [-0.2, 0) is 0 Å². The molecular weight excluding hydrogens is 816 g/mol. The average molecular weight is 844 g/mol. The van der Waals surface area contributed by atoms with Gasteiger partial charge in [-0.25, -0.2) is 18.4 Å². The van der Waals surface area contributed by atoms with Crippen molar-refractivity contribution in [3.8, 4) is 33.9 Å². The molecule has 2 aliphatic heterocycles. The highest BCUT2D eigenvalue weighted by Gasteiger charge is 2.26. The van der Waals surface area contributed by atoms with Crippen molar-refractivity contribution in [3.63, 3.8) is 0 Å². The summed E-state index contributed by atoms with van der Waals surface area (Å²) in [5.74, 6) is -3.68. The lowest BCUT2D eigenvalue weighted by Crippen LogP contribution is -2.47. The number of carboxylic acid groups (broad SMARTS) is 2. The fourth-order valence-electron chi connectivity index (χ4n) is 7.52. The number of rotatable bonds is 8. The second-order valence-corrected chi connectivity index (χ2v) is 14.4. The number of carbonyl (C=O) groups is 2. The molecule has 0 saturated carbocycles. The van der Waals surface area contributed by atoms with Gasteiger partial charge in [-0.1, -0.05) is 6.07 Å². The first kappa shape index (κ1) is 38.6. The average Bonchev–Trinajstić information content (AvgIpc) is 3.23. The van der Waals surface area contributed by atoms with Crippen molar-refractivity contribution in [2.75, 3.05) is 41.3 Å². The molecule has 0 atom stereocenters. The molecule has 4 heterocycles. The maximum Gasteiger partial charge on any atom is 0.341 e. The van der Waals surface area contributed by atoms with E-state index in [0.717, 1.165) is 12.3 Å². The Kier molecular flexibility index (Phi) is 9.51. The Morgan fingerprint density at radius 3 is 2.21 bits per heavy atom. The van der Waals surface area contributed by atoms with E-state index in [9.17, 15) is 38.9 Å². The number of aromatic nitrogens is 4. The van der Waals surface area contributed by atoms with Crippen molar-refractivity contribution in [3.05, 3.63) is 146 Å². The van der Waals surface area contributed by atoms with Gasteiger partial charge >= 0.3 is 11.9 Å². The van der Waals surface area contributed by atoms with Crippen LogP contribution < -0.4 is 26.0 Å². The normalized spacial score (nSPS) is 13.0. The van der Waals surface area contributed by atoms with E-state index in [1.54, 1.807) is 34.1 Å². The lowest BCUT2D eigenvalue weighted by atomic mass is 9.90. The smallest absolute Gasteiger partial charge is 0.341 e. The first-order valence-corrected chi connectivity index (χ1v) is 18.8. The Morgan fingerprint density at radius 1 is 0.754 bits per heavy atom. The minimum atomic E-state index is -1.49. The lowest BCUT2D eigenvalue weighted by Gasteiger charge is -2.36. The van der Waals surface area contributed by atoms with Crippen LogP contribution in [0.4, 0.5) is 32.1 Å². The van der Waals surface area contributed by atoms with Crippen LogP contribution in [0.5, 0.6) is 5.75 Å². The summed E-state index contributed by atoms with van der Waals surface area (Å²) in [6.07, 6.45) is 1.13. The molecule has 1 saturated heterocycles. The number of hydrogen-bond donors (Lipinski definition) is 4. The number of halogens is 3. The number of carboxylic acids is 2. The summed E-state index contributed by atoms with van der Waals surface area (Å²) in [7, 11) is 0. The molecule has 304 valence electrons. The molecule has 1 fully saturated rings. The van der Waals surface area contributed by atoms with Crippen molar-refractivity contribution in [2.24, 2.45) is 0 Å². The molecule has 2 aromatic heterocycles. The predicted octanol–water partition coefficient (Wildman–Crippen LogP) is 7.16. The van der Waals surface area contributed by atoms with E-state index in [1.807, 2.05) is 0 Å². The van der Waals surface area contributed by atoms with Crippen molar-refractivity contribution < 1.29 is 38.1 Å². The molecule has 0 amide bonds. The van der Waals surface area contributed by atoms with Gasteiger partial charge in [0.05, 0.1) is 16.8 Å². The van der Waals surface area contributed by atoms with E-state index in [4.69, 9.17) is 16.0 Å². The second-order valence-electron chi connectivity index (χ2n) is 14.1. The number of aromatic hydroxyl groups is 1. The standard InChI is InChI=1S/C43H28ClF2N7O8/c44-41-48-42(47-22-3-8-26(29(15-22)39(57)58)37-27-9-6-24(54)16-35(27)61-36-17-25(55)7-10-28(36)37)50-43(49-41)52-13-11-51(12-14-52)34-19-33-30(18-32(34)46)38(56)31(40(59)60)20-53(33)23-4-1-21(45)2-5-23/h1-10,15-20,54H,11-14H2,(H,57,58)(H,59,60)(H,47,48,49,50). The minimum absolute atomic E-state index is 0.00875. The number of nitrogens with zero attached hydrogens (tertiary/aromatic N) is 6. The molecule has 0 unspecified atom stereocenters. The van der Waals surface area contributed by atoms with E-state index >= 15 is 4.39 Å². The third kappa shape index (κ3) is 7.16. The summed E-state index contributed by atoms with van der Waals surface area (Å²) in [6.45, 7) is 1.10. The second kappa shape index (κ2) is 15.0. The van der Waals surface area contributed by atoms with Crippen LogP contribution >= 0.6 is 11.6 Å². The van der Waals surface area contributed by atoms with Gasteiger partial charge in [-0.2, -0.15) is 15.0 Å². The van der Waals surface area contributed by atoms with Crippen LogP contribution in [0.2, 0.25) is 5.28 Å². The summed E-state index contributed by atoms with van der Waals surface area (Å²) >= 11 is 6.36. The topological polar surface area (TPSA) is 204 Å². The zero-order valence-electron chi connectivity index (χ0n) is 31.3. The molecule has 1 aliphatic carbocycles. The number of anilines is 4. The van der Waals surface area contributed by atoms with E-state index in [0.29, 0.717) is 33.5 Å². The van der Waals surface area contributed by atoms with E-state index in [-0.39, 0.29) is 88.0 Å². The molecule has 0 radical (unpaired) electrons. The largest absolute Gasteiger partial charge is 0.508 e. The predicted molar refractivity (Wildman–Crippen MR) is 222 cm³/mol. The zero-order chi connectivity index (χ0) is 42.7. The number of phenolic OH excluding ortho intramolecular Hbond substituents is 1. The quantitative estimate of drug-likeness (QED) is 0.112. The highest BCUT2D eigenvalue weighted by molar-refractivity contribution is 6.28. The monoisotopic (exact) mass is 843 g/mol. The third-order valence-corrected chi connectivity index (χ3v) is 10.5. The Balaban J connectivity index is 0.992. The van der Waals surface area contributed by atoms with Gasteiger partial charge in [0.2, 0.25) is 22.6 Å². The van der Waals surface area contributed by atoms with Crippen LogP contribution in [0.3, 0.4) is 0 Å². The van der Waals surface area contributed by atoms with E-state index in [1.165, 1.54) is 65.2 Å². The molecule has 9 rings (SSSR count). The molecule has 15 nitrogen and oxygen atoms in total. The summed E-state index contributed by atoms with van der Waals surface area (Å²) in [5.41, 5.74) is 0.694. The van der Waals surface area contributed by atoms with Gasteiger partial charge in [0.25, 0.3) is 0 Å². The van der Waals surface area contributed by atoms with Crippen molar-refractivity contribution in [1.82, 2.24) is 19.5 Å². The maximum atomic E-state index is 15.8. The molecule has 4 N–H and O–H groups in total. The molecule has 3 aliphatic rings. The number of nitrogens with one attached hydrogen (secondary N) is 1. The number of benzene rings is 5. The first-order valence-electron chi connectivity index (χ1n) is 18.5.